The maximum Gasteiger partial charge on any atom is 0.230 e. The number of hydrogen-bond acceptors (Lipinski definition) is 6. The second-order valence-corrected chi connectivity index (χ2v) is 9.39. The van der Waals surface area contributed by atoms with E-state index < -0.39 is 6.10 Å². The number of amides is 1. The van der Waals surface area contributed by atoms with Gasteiger partial charge in [-0.2, -0.15) is 0 Å². The monoisotopic (exact) mass is 486 g/mol. The number of aliphatic hydroxyl groups excluding tert-OH is 1. The molecule has 0 aliphatic carbocycles. The number of thiazole rings is 1. The highest BCUT2D eigenvalue weighted by molar-refractivity contribution is 7.13. The van der Waals surface area contributed by atoms with Crippen LogP contribution in [0.3, 0.4) is 0 Å². The highest BCUT2D eigenvalue weighted by Crippen LogP contribution is 2.18. The van der Waals surface area contributed by atoms with Gasteiger partial charge in [-0.1, -0.05) is 72.8 Å². The minimum Gasteiger partial charge on any atom is -0.387 e. The number of anilines is 2. The topological polar surface area (TPSA) is 91.5 Å². The highest BCUT2D eigenvalue weighted by atomic mass is 32.1. The molecule has 0 fully saturated rings. The lowest BCUT2D eigenvalue weighted by Gasteiger charge is -2.25. The first-order valence-electron chi connectivity index (χ1n) is 11.6. The molecule has 0 saturated carbocycles. The van der Waals surface area contributed by atoms with E-state index >= 15 is 0 Å². The summed E-state index contributed by atoms with van der Waals surface area (Å²) in [5.74, 6) is -0.119. The van der Waals surface area contributed by atoms with E-state index in [-0.39, 0.29) is 12.3 Å². The first kappa shape index (κ1) is 24.6. The lowest BCUT2D eigenvalue weighted by atomic mass is 10.1. The molecule has 0 saturated heterocycles. The molecule has 1 heterocycles. The standard InChI is InChI=1S/C28H30N4O2S/c29-28-31-25(20-35-28)17-27(34)30-24-13-11-21(12-14-24)15-16-32(18-22-7-3-1-4-8-22)19-26(33)23-9-5-2-6-10-23/h1-14,20,26,33H,15-19H2,(H2,29,31)(H,30,34)/t26-/m0/s1. The molecule has 0 aliphatic heterocycles. The van der Waals surface area contributed by atoms with Crippen molar-refractivity contribution in [2.24, 2.45) is 0 Å². The predicted molar refractivity (Wildman–Crippen MR) is 142 cm³/mol. The predicted octanol–water partition coefficient (Wildman–Crippen LogP) is 4.68. The second kappa shape index (κ2) is 12.3. The molecule has 0 radical (unpaired) electrons. The molecule has 7 heteroatoms. The van der Waals surface area contributed by atoms with E-state index in [1.807, 2.05) is 72.8 Å². The number of hydrogen-bond donors (Lipinski definition) is 3. The van der Waals surface area contributed by atoms with E-state index in [1.54, 1.807) is 5.38 Å². The summed E-state index contributed by atoms with van der Waals surface area (Å²) in [6.07, 6.45) is 0.486. The molecule has 0 aliphatic rings. The van der Waals surface area contributed by atoms with Crippen molar-refractivity contribution in [3.05, 3.63) is 113 Å². The van der Waals surface area contributed by atoms with Crippen LogP contribution in [-0.2, 0) is 24.2 Å². The Morgan fingerprint density at radius 1 is 0.971 bits per heavy atom. The SMILES string of the molecule is Nc1nc(CC(=O)Nc2ccc(CCN(Cc3ccccc3)C[C@H](O)c3ccccc3)cc2)cs1. The van der Waals surface area contributed by atoms with Crippen LogP contribution >= 0.6 is 11.3 Å². The summed E-state index contributed by atoms with van der Waals surface area (Å²) < 4.78 is 0. The number of nitrogens with one attached hydrogen (secondary N) is 1. The number of aliphatic hydroxyl groups is 1. The van der Waals surface area contributed by atoms with Crippen molar-refractivity contribution in [3.8, 4) is 0 Å². The summed E-state index contributed by atoms with van der Waals surface area (Å²) in [7, 11) is 0. The number of benzene rings is 3. The van der Waals surface area contributed by atoms with Gasteiger partial charge in [-0.15, -0.1) is 11.3 Å². The van der Waals surface area contributed by atoms with Gasteiger partial charge in [0.2, 0.25) is 5.91 Å². The number of nitrogen functional groups attached to an aromatic ring is 1. The van der Waals surface area contributed by atoms with Gasteiger partial charge in [-0.05, 0) is 35.2 Å². The van der Waals surface area contributed by atoms with Crippen LogP contribution < -0.4 is 11.1 Å². The first-order valence-corrected chi connectivity index (χ1v) is 12.5. The Hall–Kier alpha value is -3.52. The molecule has 4 aromatic rings. The van der Waals surface area contributed by atoms with Crippen LogP contribution in [0, 0.1) is 0 Å². The quantitative estimate of drug-likeness (QED) is 0.286. The lowest BCUT2D eigenvalue weighted by Crippen LogP contribution is -2.30. The Morgan fingerprint density at radius 2 is 1.66 bits per heavy atom. The van der Waals surface area contributed by atoms with Crippen LogP contribution in [0.25, 0.3) is 0 Å². The number of nitrogens with zero attached hydrogens (tertiary/aromatic N) is 2. The normalized spacial score (nSPS) is 11.9. The van der Waals surface area contributed by atoms with Crippen molar-refractivity contribution < 1.29 is 9.90 Å². The second-order valence-electron chi connectivity index (χ2n) is 8.50. The zero-order chi connectivity index (χ0) is 24.5. The number of carbonyl (C=O) groups is 1. The Labute approximate surface area is 210 Å². The highest BCUT2D eigenvalue weighted by Gasteiger charge is 2.14. The number of nitrogens with two attached hydrogens (primary N) is 1. The Kier molecular flexibility index (Phi) is 8.62. The molecule has 1 atom stereocenters. The molecule has 0 spiro atoms. The molecule has 1 aromatic heterocycles. The Bertz CT molecular complexity index is 1200. The molecule has 4 N–H and O–H groups in total. The van der Waals surface area contributed by atoms with Gasteiger partial charge in [0.15, 0.2) is 5.13 Å². The molecule has 0 bridgehead atoms. The third kappa shape index (κ3) is 7.75. The van der Waals surface area contributed by atoms with Crippen molar-refractivity contribution in [1.29, 1.82) is 0 Å². The summed E-state index contributed by atoms with van der Waals surface area (Å²) in [6.45, 7) is 2.12. The third-order valence-electron chi connectivity index (χ3n) is 5.73. The first-order chi connectivity index (χ1) is 17.0. The molecule has 3 aromatic carbocycles. The van der Waals surface area contributed by atoms with Gasteiger partial charge in [0.25, 0.3) is 0 Å². The van der Waals surface area contributed by atoms with Gasteiger partial charge in [-0.3, -0.25) is 9.69 Å². The molecule has 1 amide bonds. The summed E-state index contributed by atoms with van der Waals surface area (Å²) >= 11 is 1.33. The van der Waals surface area contributed by atoms with E-state index in [2.05, 4.69) is 27.3 Å². The van der Waals surface area contributed by atoms with Crippen LogP contribution in [0.1, 0.15) is 28.5 Å². The fourth-order valence-corrected chi connectivity index (χ4v) is 4.48. The number of carbonyl (C=O) groups excluding carboxylic acids is 1. The smallest absolute Gasteiger partial charge is 0.230 e. The van der Waals surface area contributed by atoms with Gasteiger partial charge in [-0.25, -0.2) is 4.98 Å². The molecule has 35 heavy (non-hydrogen) atoms. The fraction of sp³-hybridized carbons (Fsp3) is 0.214. The van der Waals surface area contributed by atoms with Crippen LogP contribution in [0.15, 0.2) is 90.3 Å². The van der Waals surface area contributed by atoms with Crippen LogP contribution in [0.5, 0.6) is 0 Å². The van der Waals surface area contributed by atoms with E-state index in [0.717, 1.165) is 30.8 Å². The third-order valence-corrected chi connectivity index (χ3v) is 6.45. The fourth-order valence-electron chi connectivity index (χ4n) is 3.92. The average Bonchev–Trinajstić information content (AvgIpc) is 3.28. The average molecular weight is 487 g/mol. The molecule has 6 nitrogen and oxygen atoms in total. The maximum atomic E-state index is 12.3. The van der Waals surface area contributed by atoms with Crippen molar-refractivity contribution in [2.45, 2.75) is 25.5 Å². The van der Waals surface area contributed by atoms with Crippen molar-refractivity contribution in [3.63, 3.8) is 0 Å². The van der Waals surface area contributed by atoms with E-state index in [0.29, 0.717) is 17.4 Å². The Balaban J connectivity index is 1.34. The summed E-state index contributed by atoms with van der Waals surface area (Å²) in [6, 6.07) is 28.0. The van der Waals surface area contributed by atoms with Gasteiger partial charge in [0, 0.05) is 30.7 Å². The maximum absolute atomic E-state index is 12.3. The number of rotatable bonds is 11. The minimum atomic E-state index is -0.550. The summed E-state index contributed by atoms with van der Waals surface area (Å²) in [4.78, 5) is 18.7. The van der Waals surface area contributed by atoms with Crippen LogP contribution in [0.4, 0.5) is 10.8 Å². The summed E-state index contributed by atoms with van der Waals surface area (Å²) in [5.41, 5.74) is 10.4. The largest absolute Gasteiger partial charge is 0.387 e. The van der Waals surface area contributed by atoms with Crippen molar-refractivity contribution >= 4 is 28.1 Å². The van der Waals surface area contributed by atoms with Crippen molar-refractivity contribution in [2.75, 3.05) is 24.1 Å². The molecule has 4 rings (SSSR count). The Morgan fingerprint density at radius 3 is 2.31 bits per heavy atom. The molecule has 0 unspecified atom stereocenters. The van der Waals surface area contributed by atoms with Gasteiger partial charge >= 0.3 is 0 Å². The van der Waals surface area contributed by atoms with Crippen molar-refractivity contribution in [1.82, 2.24) is 9.88 Å². The van der Waals surface area contributed by atoms with Crippen LogP contribution in [0.2, 0.25) is 0 Å². The van der Waals surface area contributed by atoms with Crippen LogP contribution in [-0.4, -0.2) is 34.0 Å². The van der Waals surface area contributed by atoms with E-state index in [4.69, 9.17) is 5.73 Å². The minimum absolute atomic E-state index is 0.119. The molecular weight excluding hydrogens is 456 g/mol. The van der Waals surface area contributed by atoms with Gasteiger partial charge < -0.3 is 16.2 Å². The van der Waals surface area contributed by atoms with Gasteiger partial charge in [0.1, 0.15) is 0 Å². The van der Waals surface area contributed by atoms with Gasteiger partial charge in [0.05, 0.1) is 18.2 Å². The zero-order valence-corrected chi connectivity index (χ0v) is 20.3. The molecule has 180 valence electrons. The zero-order valence-electron chi connectivity index (χ0n) is 19.5. The lowest BCUT2D eigenvalue weighted by molar-refractivity contribution is -0.115. The summed E-state index contributed by atoms with van der Waals surface area (Å²) in [5, 5.41) is 16.0. The van der Waals surface area contributed by atoms with E-state index in [1.165, 1.54) is 22.5 Å². The number of aromatic nitrogens is 1. The molecular formula is C28H30N4O2S. The van der Waals surface area contributed by atoms with E-state index in [9.17, 15) is 9.90 Å².